The fraction of sp³-hybridized carbons (Fsp3) is 0.438. The minimum atomic E-state index is -0.929. The van der Waals surface area contributed by atoms with Crippen molar-refractivity contribution in [2.24, 2.45) is 7.05 Å². The molecule has 1 aliphatic rings. The van der Waals surface area contributed by atoms with E-state index in [0.717, 1.165) is 37.1 Å². The van der Waals surface area contributed by atoms with E-state index in [1.807, 2.05) is 19.4 Å². The standard InChI is InChI=1S/C16H19F2N3O/c1-20-9-12(8-19-20)15-3-2-6-21(15)10-16(22)11-4-5-13(17)14(18)7-11/h4-5,7-9,15-16,22H,2-3,6,10H2,1H3/t15-,16+/m0/s1. The van der Waals surface area contributed by atoms with Crippen LogP contribution in [0.5, 0.6) is 0 Å². The van der Waals surface area contributed by atoms with Gasteiger partial charge in [-0.3, -0.25) is 9.58 Å². The van der Waals surface area contributed by atoms with Gasteiger partial charge in [0.25, 0.3) is 0 Å². The van der Waals surface area contributed by atoms with Crippen LogP contribution in [-0.2, 0) is 7.05 Å². The van der Waals surface area contributed by atoms with Crippen molar-refractivity contribution in [1.29, 1.82) is 0 Å². The Kier molecular flexibility index (Phi) is 4.22. The Hall–Kier alpha value is -1.79. The number of hydrogen-bond donors (Lipinski definition) is 1. The molecule has 0 radical (unpaired) electrons. The quantitative estimate of drug-likeness (QED) is 0.944. The topological polar surface area (TPSA) is 41.3 Å². The number of aliphatic hydroxyl groups excluding tert-OH is 1. The second-order valence-electron chi connectivity index (χ2n) is 5.79. The fourth-order valence-electron chi connectivity index (χ4n) is 3.08. The van der Waals surface area contributed by atoms with E-state index in [9.17, 15) is 13.9 Å². The summed E-state index contributed by atoms with van der Waals surface area (Å²) in [7, 11) is 1.87. The van der Waals surface area contributed by atoms with E-state index in [2.05, 4.69) is 10.00 Å². The Labute approximate surface area is 128 Å². The van der Waals surface area contributed by atoms with E-state index < -0.39 is 17.7 Å². The van der Waals surface area contributed by atoms with Crippen LogP contribution in [0, 0.1) is 11.6 Å². The third-order valence-corrected chi connectivity index (χ3v) is 4.21. The van der Waals surface area contributed by atoms with E-state index in [1.165, 1.54) is 6.07 Å². The number of nitrogens with zero attached hydrogens (tertiary/aromatic N) is 3. The van der Waals surface area contributed by atoms with Crippen molar-refractivity contribution in [3.63, 3.8) is 0 Å². The molecular formula is C16H19F2N3O. The van der Waals surface area contributed by atoms with E-state index >= 15 is 0 Å². The number of rotatable bonds is 4. The number of β-amino-alcohol motifs (C(OH)–C–C–N with tert-alkyl or cyclic N) is 1. The zero-order valence-electron chi connectivity index (χ0n) is 12.4. The summed E-state index contributed by atoms with van der Waals surface area (Å²) in [6.07, 6.45) is 5.03. The van der Waals surface area contributed by atoms with Crippen LogP contribution < -0.4 is 0 Å². The van der Waals surface area contributed by atoms with Gasteiger partial charge in [-0.1, -0.05) is 6.07 Å². The monoisotopic (exact) mass is 307 g/mol. The number of halogens is 2. The lowest BCUT2D eigenvalue weighted by Crippen LogP contribution is -2.28. The molecule has 1 saturated heterocycles. The number of hydrogen-bond acceptors (Lipinski definition) is 3. The van der Waals surface area contributed by atoms with Gasteiger partial charge in [0.15, 0.2) is 11.6 Å². The summed E-state index contributed by atoms with van der Waals surface area (Å²) in [4.78, 5) is 2.17. The van der Waals surface area contributed by atoms with Crippen LogP contribution in [-0.4, -0.2) is 32.9 Å². The molecule has 6 heteroatoms. The number of benzene rings is 1. The first-order chi connectivity index (χ1) is 10.5. The average molecular weight is 307 g/mol. The van der Waals surface area contributed by atoms with Gasteiger partial charge in [-0.05, 0) is 37.1 Å². The summed E-state index contributed by atoms with van der Waals surface area (Å²) in [6, 6.07) is 3.76. The number of aromatic nitrogens is 2. The molecule has 1 fully saturated rings. The summed E-state index contributed by atoms with van der Waals surface area (Å²) in [6.45, 7) is 1.27. The Morgan fingerprint density at radius 1 is 1.36 bits per heavy atom. The van der Waals surface area contributed by atoms with Gasteiger partial charge in [-0.25, -0.2) is 8.78 Å². The first-order valence-electron chi connectivity index (χ1n) is 7.40. The SMILES string of the molecule is Cn1cc([C@@H]2CCCN2C[C@@H](O)c2ccc(F)c(F)c2)cn1. The van der Waals surface area contributed by atoms with E-state index in [1.54, 1.807) is 4.68 Å². The zero-order valence-corrected chi connectivity index (χ0v) is 12.4. The predicted octanol–water partition coefficient (Wildman–Crippen LogP) is 2.57. The molecule has 0 spiro atoms. The van der Waals surface area contributed by atoms with Crippen LogP contribution in [0.2, 0.25) is 0 Å². The Morgan fingerprint density at radius 2 is 2.18 bits per heavy atom. The summed E-state index contributed by atoms with van der Waals surface area (Å²) in [5, 5.41) is 14.5. The maximum atomic E-state index is 13.3. The minimum absolute atomic E-state index is 0.216. The van der Waals surface area contributed by atoms with Crippen LogP contribution >= 0.6 is 0 Å². The van der Waals surface area contributed by atoms with Crippen LogP contribution in [0.25, 0.3) is 0 Å². The van der Waals surface area contributed by atoms with Crippen molar-refractivity contribution in [3.8, 4) is 0 Å². The van der Waals surface area contributed by atoms with E-state index in [-0.39, 0.29) is 6.04 Å². The Balaban J connectivity index is 1.72. The Bertz CT molecular complexity index is 659. The predicted molar refractivity (Wildman–Crippen MR) is 78.1 cm³/mol. The smallest absolute Gasteiger partial charge is 0.159 e. The molecule has 2 aromatic rings. The summed E-state index contributed by atoms with van der Waals surface area (Å²) in [5.41, 5.74) is 1.52. The molecule has 22 heavy (non-hydrogen) atoms. The highest BCUT2D eigenvalue weighted by molar-refractivity contribution is 5.21. The highest BCUT2D eigenvalue weighted by Gasteiger charge is 2.28. The van der Waals surface area contributed by atoms with Gasteiger partial charge in [-0.15, -0.1) is 0 Å². The lowest BCUT2D eigenvalue weighted by atomic mass is 10.1. The molecule has 0 bridgehead atoms. The van der Waals surface area contributed by atoms with Crippen molar-refractivity contribution >= 4 is 0 Å². The van der Waals surface area contributed by atoms with Gasteiger partial charge in [-0.2, -0.15) is 5.10 Å². The molecule has 118 valence electrons. The van der Waals surface area contributed by atoms with Gasteiger partial charge >= 0.3 is 0 Å². The molecule has 1 N–H and O–H groups in total. The maximum absolute atomic E-state index is 13.3. The van der Waals surface area contributed by atoms with Gasteiger partial charge in [0.05, 0.1) is 12.3 Å². The van der Waals surface area contributed by atoms with Crippen LogP contribution in [0.15, 0.2) is 30.6 Å². The van der Waals surface area contributed by atoms with Crippen molar-refractivity contribution in [2.75, 3.05) is 13.1 Å². The second-order valence-corrected chi connectivity index (χ2v) is 5.79. The Morgan fingerprint density at radius 3 is 2.86 bits per heavy atom. The molecule has 1 aromatic heterocycles. The van der Waals surface area contributed by atoms with Crippen LogP contribution in [0.3, 0.4) is 0 Å². The maximum Gasteiger partial charge on any atom is 0.159 e. The molecule has 1 aliphatic heterocycles. The van der Waals surface area contributed by atoms with Crippen molar-refractivity contribution < 1.29 is 13.9 Å². The normalized spacial score (nSPS) is 20.5. The molecule has 0 unspecified atom stereocenters. The third-order valence-electron chi connectivity index (χ3n) is 4.21. The van der Waals surface area contributed by atoms with E-state index in [0.29, 0.717) is 12.1 Å². The lowest BCUT2D eigenvalue weighted by Gasteiger charge is -2.26. The number of aliphatic hydroxyl groups is 1. The molecule has 3 rings (SSSR count). The largest absolute Gasteiger partial charge is 0.387 e. The summed E-state index contributed by atoms with van der Waals surface area (Å²) in [5.74, 6) is -1.83. The van der Waals surface area contributed by atoms with Crippen molar-refractivity contribution in [3.05, 3.63) is 53.4 Å². The second kappa shape index (κ2) is 6.14. The molecule has 0 aliphatic carbocycles. The molecule has 0 saturated carbocycles. The first-order valence-corrected chi connectivity index (χ1v) is 7.40. The molecule has 4 nitrogen and oxygen atoms in total. The summed E-state index contributed by atoms with van der Waals surface area (Å²) < 4.78 is 28.0. The van der Waals surface area contributed by atoms with Gasteiger partial charge < -0.3 is 5.11 Å². The number of likely N-dealkylation sites (tertiary alicyclic amines) is 1. The minimum Gasteiger partial charge on any atom is -0.387 e. The molecule has 2 atom stereocenters. The third kappa shape index (κ3) is 3.03. The average Bonchev–Trinajstić information content (AvgIpc) is 3.10. The summed E-state index contributed by atoms with van der Waals surface area (Å²) >= 11 is 0. The fourth-order valence-corrected chi connectivity index (χ4v) is 3.08. The zero-order chi connectivity index (χ0) is 15.7. The van der Waals surface area contributed by atoms with Crippen molar-refractivity contribution in [1.82, 2.24) is 14.7 Å². The molecular weight excluding hydrogens is 288 g/mol. The van der Waals surface area contributed by atoms with Crippen molar-refractivity contribution in [2.45, 2.75) is 25.0 Å². The first kappa shape index (κ1) is 15.1. The van der Waals surface area contributed by atoms with Gasteiger partial charge in [0, 0.05) is 31.4 Å². The highest BCUT2D eigenvalue weighted by atomic mass is 19.2. The van der Waals surface area contributed by atoms with Crippen LogP contribution in [0.1, 0.15) is 36.1 Å². The molecule has 1 aromatic carbocycles. The van der Waals surface area contributed by atoms with Gasteiger partial charge in [0.1, 0.15) is 0 Å². The van der Waals surface area contributed by atoms with Crippen LogP contribution in [0.4, 0.5) is 8.78 Å². The lowest BCUT2D eigenvalue weighted by molar-refractivity contribution is 0.106. The molecule has 0 amide bonds. The van der Waals surface area contributed by atoms with E-state index in [4.69, 9.17) is 0 Å². The molecule has 2 heterocycles. The highest BCUT2D eigenvalue weighted by Crippen LogP contribution is 2.33. The van der Waals surface area contributed by atoms with Gasteiger partial charge in [0.2, 0.25) is 0 Å². The number of aryl methyl sites for hydroxylation is 1.